The van der Waals surface area contributed by atoms with E-state index in [1.807, 2.05) is 0 Å². The summed E-state index contributed by atoms with van der Waals surface area (Å²) in [6.45, 7) is 6.68. The van der Waals surface area contributed by atoms with Gasteiger partial charge >= 0.3 is 0 Å². The van der Waals surface area contributed by atoms with Gasteiger partial charge in [0.2, 0.25) is 5.13 Å². The molecule has 4 nitrogen and oxygen atoms in total. The Kier molecular flexibility index (Phi) is 2.59. The highest BCUT2D eigenvalue weighted by Crippen LogP contribution is 2.24. The molecule has 1 aromatic rings. The first-order valence-electron chi connectivity index (χ1n) is 4.51. The molecule has 1 aliphatic heterocycles. The minimum atomic E-state index is -0.0917. The topological polar surface area (TPSA) is 41.2 Å². The fourth-order valence-electron chi connectivity index (χ4n) is 1.54. The third-order valence-corrected chi connectivity index (χ3v) is 3.27. The number of hydrogen-bond donors (Lipinski definition) is 1. The number of anilines is 1. The Bertz CT molecular complexity index is 371. The number of hydrogen-bond acceptors (Lipinski definition) is 5. The van der Waals surface area contributed by atoms with Gasteiger partial charge in [-0.15, -0.1) is 5.10 Å². The SMILES string of the molecule is CC1(C)CN(c2n[nH]c(=S)s2)CCO1. The molecule has 0 bridgehead atoms. The van der Waals surface area contributed by atoms with Gasteiger partial charge in [-0.1, -0.05) is 11.3 Å². The minimum Gasteiger partial charge on any atom is -0.372 e. The van der Waals surface area contributed by atoms with Crippen molar-refractivity contribution in [2.45, 2.75) is 19.4 Å². The summed E-state index contributed by atoms with van der Waals surface area (Å²) in [7, 11) is 0. The quantitative estimate of drug-likeness (QED) is 0.749. The van der Waals surface area contributed by atoms with Gasteiger partial charge in [0.25, 0.3) is 0 Å². The average molecular weight is 231 g/mol. The third-order valence-electron chi connectivity index (χ3n) is 2.12. The molecule has 14 heavy (non-hydrogen) atoms. The smallest absolute Gasteiger partial charge is 0.207 e. The second-order valence-electron chi connectivity index (χ2n) is 3.93. The second-order valence-corrected chi connectivity index (χ2v) is 5.57. The lowest BCUT2D eigenvalue weighted by Gasteiger charge is -2.37. The number of aromatic amines is 1. The molecule has 6 heteroatoms. The Balaban J connectivity index is 2.15. The van der Waals surface area contributed by atoms with Crippen molar-refractivity contribution in [1.29, 1.82) is 0 Å². The Morgan fingerprint density at radius 1 is 1.64 bits per heavy atom. The van der Waals surface area contributed by atoms with E-state index in [-0.39, 0.29) is 5.60 Å². The Morgan fingerprint density at radius 3 is 3.00 bits per heavy atom. The molecule has 78 valence electrons. The van der Waals surface area contributed by atoms with Gasteiger partial charge in [-0.25, -0.2) is 0 Å². The Hall–Kier alpha value is -0.460. The van der Waals surface area contributed by atoms with E-state index in [9.17, 15) is 0 Å². The number of H-pyrrole nitrogens is 1. The maximum Gasteiger partial charge on any atom is 0.207 e. The summed E-state index contributed by atoms with van der Waals surface area (Å²) in [6.07, 6.45) is 0. The third kappa shape index (κ3) is 2.13. The van der Waals surface area contributed by atoms with Crippen LogP contribution in [0.2, 0.25) is 0 Å². The Morgan fingerprint density at radius 2 is 2.43 bits per heavy atom. The predicted octanol–water partition coefficient (Wildman–Crippen LogP) is 1.82. The van der Waals surface area contributed by atoms with Crippen molar-refractivity contribution < 1.29 is 4.74 Å². The van der Waals surface area contributed by atoms with Gasteiger partial charge in [0.15, 0.2) is 3.95 Å². The van der Waals surface area contributed by atoms with Crippen molar-refractivity contribution in [2.75, 3.05) is 24.6 Å². The first kappa shape index (κ1) is 10.1. The van der Waals surface area contributed by atoms with Crippen molar-refractivity contribution in [3.63, 3.8) is 0 Å². The molecule has 1 aromatic heterocycles. The van der Waals surface area contributed by atoms with Crippen LogP contribution in [0, 0.1) is 3.95 Å². The van der Waals surface area contributed by atoms with Crippen molar-refractivity contribution in [3.8, 4) is 0 Å². The number of aromatic nitrogens is 2. The van der Waals surface area contributed by atoms with Crippen molar-refractivity contribution in [1.82, 2.24) is 10.2 Å². The van der Waals surface area contributed by atoms with Gasteiger partial charge in [-0.05, 0) is 26.1 Å². The van der Waals surface area contributed by atoms with Crippen LogP contribution in [-0.4, -0.2) is 35.5 Å². The molecule has 0 atom stereocenters. The predicted molar refractivity (Wildman–Crippen MR) is 59.5 cm³/mol. The lowest BCUT2D eigenvalue weighted by atomic mass is 10.1. The van der Waals surface area contributed by atoms with Crippen LogP contribution in [0.3, 0.4) is 0 Å². The molecule has 1 aliphatic rings. The lowest BCUT2D eigenvalue weighted by Crippen LogP contribution is -2.48. The largest absolute Gasteiger partial charge is 0.372 e. The molecular formula is C8H13N3OS2. The van der Waals surface area contributed by atoms with E-state index < -0.39 is 0 Å². The zero-order chi connectivity index (χ0) is 10.2. The van der Waals surface area contributed by atoms with Crippen LogP contribution in [0.1, 0.15) is 13.8 Å². The molecule has 0 unspecified atom stereocenters. The molecule has 0 radical (unpaired) electrons. The fraction of sp³-hybridized carbons (Fsp3) is 0.750. The molecule has 0 aliphatic carbocycles. The van der Waals surface area contributed by atoms with E-state index >= 15 is 0 Å². The number of ether oxygens (including phenoxy) is 1. The standard InChI is InChI=1S/C8H13N3OS2/c1-8(2)5-11(3-4-12-8)6-9-10-7(13)14-6/h3-5H2,1-2H3,(H,10,13). The summed E-state index contributed by atoms with van der Waals surface area (Å²) < 4.78 is 6.35. The van der Waals surface area contributed by atoms with Crippen molar-refractivity contribution >= 4 is 28.7 Å². The summed E-state index contributed by atoms with van der Waals surface area (Å²) in [5, 5.41) is 7.92. The van der Waals surface area contributed by atoms with Gasteiger partial charge in [-0.2, -0.15) is 0 Å². The molecule has 2 rings (SSSR count). The minimum absolute atomic E-state index is 0.0917. The van der Waals surface area contributed by atoms with Gasteiger partial charge in [0, 0.05) is 13.1 Å². The van der Waals surface area contributed by atoms with Gasteiger partial charge < -0.3 is 9.64 Å². The Labute approximate surface area is 91.9 Å². The van der Waals surface area contributed by atoms with E-state index in [2.05, 4.69) is 28.9 Å². The monoisotopic (exact) mass is 231 g/mol. The average Bonchev–Trinajstić information content (AvgIpc) is 2.50. The van der Waals surface area contributed by atoms with Gasteiger partial charge in [0.1, 0.15) is 0 Å². The molecular weight excluding hydrogens is 218 g/mol. The van der Waals surface area contributed by atoms with Crippen LogP contribution in [0.15, 0.2) is 0 Å². The summed E-state index contributed by atoms with van der Waals surface area (Å²) in [4.78, 5) is 2.21. The van der Waals surface area contributed by atoms with Crippen LogP contribution in [0.4, 0.5) is 5.13 Å². The zero-order valence-corrected chi connectivity index (χ0v) is 9.87. The van der Waals surface area contributed by atoms with Crippen LogP contribution < -0.4 is 4.90 Å². The van der Waals surface area contributed by atoms with E-state index in [0.717, 1.165) is 28.8 Å². The maximum absolute atomic E-state index is 5.62. The van der Waals surface area contributed by atoms with Gasteiger partial charge in [0.05, 0.1) is 12.2 Å². The van der Waals surface area contributed by atoms with Crippen molar-refractivity contribution in [2.24, 2.45) is 0 Å². The molecule has 1 saturated heterocycles. The highest BCUT2D eigenvalue weighted by Gasteiger charge is 2.28. The summed E-state index contributed by atoms with van der Waals surface area (Å²) in [6, 6.07) is 0. The van der Waals surface area contributed by atoms with Crippen molar-refractivity contribution in [3.05, 3.63) is 3.95 Å². The number of nitrogens with one attached hydrogen (secondary N) is 1. The highest BCUT2D eigenvalue weighted by molar-refractivity contribution is 7.73. The molecule has 0 spiro atoms. The van der Waals surface area contributed by atoms with E-state index in [1.165, 1.54) is 11.3 Å². The van der Waals surface area contributed by atoms with Crippen LogP contribution >= 0.6 is 23.6 Å². The normalized spacial score (nSPS) is 21.1. The summed E-state index contributed by atoms with van der Waals surface area (Å²) in [5.41, 5.74) is -0.0917. The fourth-order valence-corrected chi connectivity index (χ4v) is 2.44. The number of morpholine rings is 1. The summed E-state index contributed by atoms with van der Waals surface area (Å²) >= 11 is 6.52. The first-order valence-corrected chi connectivity index (χ1v) is 5.74. The number of rotatable bonds is 1. The number of nitrogens with zero attached hydrogens (tertiary/aromatic N) is 2. The van der Waals surface area contributed by atoms with Crippen LogP contribution in [0.5, 0.6) is 0 Å². The molecule has 0 saturated carbocycles. The van der Waals surface area contributed by atoms with Crippen LogP contribution in [0.25, 0.3) is 0 Å². The maximum atomic E-state index is 5.62. The van der Waals surface area contributed by atoms with E-state index in [4.69, 9.17) is 17.0 Å². The molecule has 0 aromatic carbocycles. The second kappa shape index (κ2) is 3.60. The van der Waals surface area contributed by atoms with Crippen LogP contribution in [-0.2, 0) is 4.74 Å². The highest BCUT2D eigenvalue weighted by atomic mass is 32.1. The van der Waals surface area contributed by atoms with Gasteiger partial charge in [-0.3, -0.25) is 5.10 Å². The molecule has 0 amide bonds. The molecule has 2 heterocycles. The molecule has 1 N–H and O–H groups in total. The zero-order valence-electron chi connectivity index (χ0n) is 8.24. The van der Waals surface area contributed by atoms with E-state index in [1.54, 1.807) is 0 Å². The summed E-state index contributed by atoms with van der Waals surface area (Å²) in [5.74, 6) is 0. The molecule has 1 fully saturated rings. The first-order chi connectivity index (χ1) is 6.57. The lowest BCUT2D eigenvalue weighted by molar-refractivity contribution is -0.0277. The van der Waals surface area contributed by atoms with E-state index in [0.29, 0.717) is 0 Å².